The van der Waals surface area contributed by atoms with Crippen molar-refractivity contribution >= 4 is 6.03 Å². The molecule has 1 fully saturated rings. The van der Waals surface area contributed by atoms with Crippen LogP contribution in [0.3, 0.4) is 0 Å². The average molecular weight is 304 g/mol. The molecule has 2 aliphatic heterocycles. The van der Waals surface area contributed by atoms with Crippen molar-refractivity contribution in [1.82, 2.24) is 10.2 Å². The second-order valence-electron chi connectivity index (χ2n) is 6.09. The summed E-state index contributed by atoms with van der Waals surface area (Å²) >= 11 is 0. The maximum Gasteiger partial charge on any atom is 0.317 e. The standard InChI is InChI=1S/C17H24N2O3/c1-21-15-6-5-14-9-13(12-22-16(14)10-15)11-18-17(20)19-7-3-2-4-8-19/h5-6,10,13H,2-4,7-9,11-12H2,1H3,(H,18,20). The van der Waals surface area contributed by atoms with Gasteiger partial charge in [0.25, 0.3) is 0 Å². The third-order valence-electron chi connectivity index (χ3n) is 4.44. The summed E-state index contributed by atoms with van der Waals surface area (Å²) in [6, 6.07) is 6.00. The van der Waals surface area contributed by atoms with Crippen LogP contribution in [-0.2, 0) is 6.42 Å². The van der Waals surface area contributed by atoms with Crippen molar-refractivity contribution in [2.45, 2.75) is 25.7 Å². The van der Waals surface area contributed by atoms with Gasteiger partial charge in [0.05, 0.1) is 13.7 Å². The lowest BCUT2D eigenvalue weighted by Gasteiger charge is -2.29. The number of carbonyl (C=O) groups excluding carboxylic acids is 1. The van der Waals surface area contributed by atoms with Crippen molar-refractivity contribution in [3.8, 4) is 11.5 Å². The first-order valence-electron chi connectivity index (χ1n) is 8.09. The highest BCUT2D eigenvalue weighted by Gasteiger charge is 2.22. The number of benzene rings is 1. The molecule has 1 N–H and O–H groups in total. The van der Waals surface area contributed by atoms with E-state index >= 15 is 0 Å². The molecule has 0 spiro atoms. The van der Waals surface area contributed by atoms with E-state index in [4.69, 9.17) is 9.47 Å². The molecule has 2 aliphatic rings. The number of carbonyl (C=O) groups is 1. The lowest BCUT2D eigenvalue weighted by atomic mass is 9.96. The zero-order chi connectivity index (χ0) is 15.4. The molecule has 2 heterocycles. The number of methoxy groups -OCH3 is 1. The number of likely N-dealkylation sites (tertiary alicyclic amines) is 1. The first-order valence-corrected chi connectivity index (χ1v) is 8.09. The molecule has 1 unspecified atom stereocenters. The Hall–Kier alpha value is -1.91. The summed E-state index contributed by atoms with van der Waals surface area (Å²) in [6.07, 6.45) is 4.41. The molecule has 0 saturated carbocycles. The molecular weight excluding hydrogens is 280 g/mol. The molecule has 1 aromatic rings. The van der Waals surface area contributed by atoms with Crippen molar-refractivity contribution in [2.24, 2.45) is 5.92 Å². The summed E-state index contributed by atoms with van der Waals surface area (Å²) in [5.41, 5.74) is 1.18. The highest BCUT2D eigenvalue weighted by atomic mass is 16.5. The van der Waals surface area contributed by atoms with E-state index in [1.54, 1.807) is 7.11 Å². The van der Waals surface area contributed by atoms with Crippen LogP contribution in [-0.4, -0.2) is 44.3 Å². The molecule has 1 atom stereocenters. The summed E-state index contributed by atoms with van der Waals surface area (Å²) in [6.45, 7) is 3.08. The van der Waals surface area contributed by atoms with Crippen molar-refractivity contribution in [2.75, 3.05) is 33.4 Å². The lowest BCUT2D eigenvalue weighted by Crippen LogP contribution is -2.45. The Kier molecular flexibility index (Phi) is 4.71. The average Bonchev–Trinajstić information content (AvgIpc) is 2.59. The Balaban J connectivity index is 1.51. The molecule has 0 bridgehead atoms. The van der Waals surface area contributed by atoms with Crippen LogP contribution in [0.2, 0.25) is 0 Å². The van der Waals surface area contributed by atoms with Crippen LogP contribution in [0.4, 0.5) is 4.79 Å². The van der Waals surface area contributed by atoms with Gasteiger partial charge in [-0.3, -0.25) is 0 Å². The monoisotopic (exact) mass is 304 g/mol. The summed E-state index contributed by atoms with van der Waals surface area (Å²) in [7, 11) is 1.66. The third kappa shape index (κ3) is 3.46. The minimum Gasteiger partial charge on any atom is -0.497 e. The number of hydrogen-bond acceptors (Lipinski definition) is 3. The van der Waals surface area contributed by atoms with Gasteiger partial charge in [0.2, 0.25) is 0 Å². The Bertz CT molecular complexity index is 527. The number of rotatable bonds is 3. The number of amides is 2. The fraction of sp³-hybridized carbons (Fsp3) is 0.588. The van der Waals surface area contributed by atoms with Crippen LogP contribution in [0.1, 0.15) is 24.8 Å². The van der Waals surface area contributed by atoms with Gasteiger partial charge in [0.15, 0.2) is 0 Å². The number of piperidine rings is 1. The quantitative estimate of drug-likeness (QED) is 0.933. The molecule has 22 heavy (non-hydrogen) atoms. The van der Waals surface area contributed by atoms with E-state index in [1.807, 2.05) is 23.1 Å². The number of nitrogens with zero attached hydrogens (tertiary/aromatic N) is 1. The van der Waals surface area contributed by atoms with Crippen molar-refractivity contribution < 1.29 is 14.3 Å². The van der Waals surface area contributed by atoms with Crippen molar-refractivity contribution in [1.29, 1.82) is 0 Å². The Morgan fingerprint density at radius 1 is 1.36 bits per heavy atom. The van der Waals surface area contributed by atoms with E-state index in [1.165, 1.54) is 12.0 Å². The summed E-state index contributed by atoms with van der Waals surface area (Å²) in [5.74, 6) is 2.04. The molecule has 0 aliphatic carbocycles. The number of ether oxygens (including phenoxy) is 2. The second kappa shape index (κ2) is 6.90. The Morgan fingerprint density at radius 3 is 2.95 bits per heavy atom. The molecule has 3 rings (SSSR count). The van der Waals surface area contributed by atoms with Gasteiger partial charge in [-0.05, 0) is 37.3 Å². The summed E-state index contributed by atoms with van der Waals surface area (Å²) in [5, 5.41) is 3.06. The van der Waals surface area contributed by atoms with Gasteiger partial charge in [0.1, 0.15) is 11.5 Å². The Labute approximate surface area is 131 Å². The number of nitrogens with one attached hydrogen (secondary N) is 1. The Morgan fingerprint density at radius 2 is 2.18 bits per heavy atom. The molecule has 0 radical (unpaired) electrons. The molecule has 120 valence electrons. The fourth-order valence-electron chi connectivity index (χ4n) is 3.11. The van der Waals surface area contributed by atoms with E-state index in [9.17, 15) is 4.79 Å². The van der Waals surface area contributed by atoms with Gasteiger partial charge in [-0.15, -0.1) is 0 Å². The number of urea groups is 1. The smallest absolute Gasteiger partial charge is 0.317 e. The maximum atomic E-state index is 12.1. The van der Waals surface area contributed by atoms with E-state index in [-0.39, 0.29) is 6.03 Å². The number of hydrogen-bond donors (Lipinski definition) is 1. The largest absolute Gasteiger partial charge is 0.497 e. The van der Waals surface area contributed by atoms with E-state index in [0.29, 0.717) is 19.1 Å². The van der Waals surface area contributed by atoms with Crippen molar-refractivity contribution in [3.63, 3.8) is 0 Å². The minimum atomic E-state index is 0.0697. The van der Waals surface area contributed by atoms with Gasteiger partial charge in [0, 0.05) is 31.6 Å². The number of fused-ring (bicyclic) bond motifs is 1. The van der Waals surface area contributed by atoms with Gasteiger partial charge >= 0.3 is 6.03 Å². The van der Waals surface area contributed by atoms with Crippen molar-refractivity contribution in [3.05, 3.63) is 23.8 Å². The first kappa shape index (κ1) is 15.0. The third-order valence-corrected chi connectivity index (χ3v) is 4.44. The van der Waals surface area contributed by atoms with E-state index in [0.717, 1.165) is 43.9 Å². The molecule has 0 aromatic heterocycles. The predicted molar refractivity (Wildman–Crippen MR) is 84.5 cm³/mol. The second-order valence-corrected chi connectivity index (χ2v) is 6.09. The molecular formula is C17H24N2O3. The molecule has 1 aromatic carbocycles. The van der Waals surface area contributed by atoms with E-state index in [2.05, 4.69) is 5.32 Å². The van der Waals surface area contributed by atoms with Crippen LogP contribution in [0.15, 0.2) is 18.2 Å². The van der Waals surface area contributed by atoms with Gasteiger partial charge < -0.3 is 19.7 Å². The summed E-state index contributed by atoms with van der Waals surface area (Å²) in [4.78, 5) is 14.0. The zero-order valence-electron chi connectivity index (χ0n) is 13.1. The highest BCUT2D eigenvalue weighted by Crippen LogP contribution is 2.30. The SMILES string of the molecule is COc1ccc2c(c1)OCC(CNC(=O)N1CCCCC1)C2. The molecule has 5 heteroatoms. The topological polar surface area (TPSA) is 50.8 Å². The fourth-order valence-corrected chi connectivity index (χ4v) is 3.11. The maximum absolute atomic E-state index is 12.1. The van der Waals surface area contributed by atoms with Gasteiger partial charge in [-0.1, -0.05) is 6.07 Å². The van der Waals surface area contributed by atoms with Crippen LogP contribution in [0.5, 0.6) is 11.5 Å². The summed E-state index contributed by atoms with van der Waals surface area (Å²) < 4.78 is 11.0. The van der Waals surface area contributed by atoms with Crippen LogP contribution in [0, 0.1) is 5.92 Å². The van der Waals surface area contributed by atoms with Crippen LogP contribution >= 0.6 is 0 Å². The van der Waals surface area contributed by atoms with Crippen LogP contribution < -0.4 is 14.8 Å². The predicted octanol–water partition coefficient (Wildman–Crippen LogP) is 2.44. The van der Waals surface area contributed by atoms with E-state index < -0.39 is 0 Å². The normalized spacial score (nSPS) is 20.8. The molecule has 5 nitrogen and oxygen atoms in total. The highest BCUT2D eigenvalue weighted by molar-refractivity contribution is 5.74. The minimum absolute atomic E-state index is 0.0697. The van der Waals surface area contributed by atoms with Gasteiger partial charge in [-0.25, -0.2) is 4.79 Å². The van der Waals surface area contributed by atoms with Crippen LogP contribution in [0.25, 0.3) is 0 Å². The first-order chi connectivity index (χ1) is 10.8. The molecule has 1 saturated heterocycles. The zero-order valence-corrected chi connectivity index (χ0v) is 13.1. The lowest BCUT2D eigenvalue weighted by molar-refractivity contribution is 0.177. The van der Waals surface area contributed by atoms with Gasteiger partial charge in [-0.2, -0.15) is 0 Å². The molecule has 2 amide bonds.